The van der Waals surface area contributed by atoms with Crippen LogP contribution in [0, 0.1) is 0 Å². The van der Waals surface area contributed by atoms with Crippen molar-refractivity contribution in [1.82, 2.24) is 5.32 Å². The van der Waals surface area contributed by atoms with E-state index >= 15 is 0 Å². The van der Waals surface area contributed by atoms with Crippen LogP contribution in [0.15, 0.2) is 42.5 Å². The number of benzene rings is 2. The van der Waals surface area contributed by atoms with Gasteiger partial charge in [-0.25, -0.2) is 0 Å². The first-order valence-corrected chi connectivity index (χ1v) is 7.28. The van der Waals surface area contributed by atoms with Gasteiger partial charge in [0.25, 0.3) is 0 Å². The Hall–Kier alpha value is -1.54. The number of fused-ring (bicyclic) bond motifs is 3. The molecule has 2 aliphatic rings. The predicted octanol–water partition coefficient (Wildman–Crippen LogP) is 3.50. The van der Waals surface area contributed by atoms with Gasteiger partial charge in [-0.2, -0.15) is 0 Å². The molecule has 2 heteroatoms. The van der Waals surface area contributed by atoms with Crippen LogP contribution in [0.4, 0.5) is 0 Å². The molecule has 2 heterocycles. The first-order chi connectivity index (χ1) is 9.37. The fourth-order valence-corrected chi connectivity index (χ4v) is 3.53. The molecule has 2 atom stereocenters. The number of hydrogen-bond donors (Lipinski definition) is 1. The molecule has 2 bridgehead atoms. The fraction of sp³-hybridized carbons (Fsp3) is 0.412. The van der Waals surface area contributed by atoms with E-state index < -0.39 is 0 Å². The van der Waals surface area contributed by atoms with Crippen molar-refractivity contribution in [2.24, 2.45) is 0 Å². The highest BCUT2D eigenvalue weighted by atomic mass is 16.5. The molecule has 98 valence electrons. The van der Waals surface area contributed by atoms with E-state index in [0.29, 0.717) is 18.2 Å². The second kappa shape index (κ2) is 4.53. The van der Waals surface area contributed by atoms with Crippen LogP contribution < -0.4 is 10.1 Å². The smallest absolute Gasteiger partial charge is 0.120 e. The lowest BCUT2D eigenvalue weighted by molar-refractivity contribution is 0.137. The van der Waals surface area contributed by atoms with Gasteiger partial charge in [-0.05, 0) is 48.6 Å². The minimum atomic E-state index is 0.389. The zero-order valence-electron chi connectivity index (χ0n) is 11.0. The Balaban J connectivity index is 1.54. The zero-order valence-corrected chi connectivity index (χ0v) is 11.0. The summed E-state index contributed by atoms with van der Waals surface area (Å²) in [6, 6.07) is 16.2. The van der Waals surface area contributed by atoms with E-state index in [9.17, 15) is 0 Å². The Labute approximate surface area is 113 Å². The minimum absolute atomic E-state index is 0.389. The summed E-state index contributed by atoms with van der Waals surface area (Å²) < 4.78 is 6.20. The molecule has 2 nitrogen and oxygen atoms in total. The van der Waals surface area contributed by atoms with Gasteiger partial charge in [-0.1, -0.05) is 30.3 Å². The van der Waals surface area contributed by atoms with E-state index in [1.54, 1.807) is 0 Å². The van der Waals surface area contributed by atoms with Crippen LogP contribution in [0.25, 0.3) is 10.8 Å². The second-order valence-electron chi connectivity index (χ2n) is 5.86. The van der Waals surface area contributed by atoms with Crippen LogP contribution in [-0.2, 0) is 0 Å². The number of hydrogen-bond acceptors (Lipinski definition) is 2. The average molecular weight is 253 g/mol. The molecule has 0 radical (unpaired) electrons. The third kappa shape index (κ3) is 2.21. The van der Waals surface area contributed by atoms with Crippen LogP contribution in [0.1, 0.15) is 25.7 Å². The number of piperidine rings is 1. The molecule has 2 fully saturated rings. The molecule has 4 rings (SSSR count). The molecule has 0 spiro atoms. The molecular formula is C17H19NO. The van der Waals surface area contributed by atoms with Crippen LogP contribution in [0.5, 0.6) is 5.75 Å². The maximum Gasteiger partial charge on any atom is 0.120 e. The summed E-state index contributed by atoms with van der Waals surface area (Å²) in [5.41, 5.74) is 0. The number of ether oxygens (including phenoxy) is 1. The van der Waals surface area contributed by atoms with Gasteiger partial charge in [-0.15, -0.1) is 0 Å². The Morgan fingerprint density at radius 1 is 0.895 bits per heavy atom. The summed E-state index contributed by atoms with van der Waals surface area (Å²) in [7, 11) is 0. The zero-order chi connectivity index (χ0) is 12.7. The van der Waals surface area contributed by atoms with Crippen molar-refractivity contribution in [3.05, 3.63) is 42.5 Å². The lowest BCUT2D eigenvalue weighted by Gasteiger charge is -2.29. The Morgan fingerprint density at radius 2 is 1.63 bits per heavy atom. The molecule has 0 saturated carbocycles. The first-order valence-electron chi connectivity index (χ1n) is 7.28. The quantitative estimate of drug-likeness (QED) is 0.884. The fourth-order valence-electron chi connectivity index (χ4n) is 3.53. The van der Waals surface area contributed by atoms with Gasteiger partial charge in [0.15, 0.2) is 0 Å². The summed E-state index contributed by atoms with van der Waals surface area (Å²) in [5, 5.41) is 6.19. The Kier molecular flexibility index (Phi) is 2.70. The van der Waals surface area contributed by atoms with Crippen molar-refractivity contribution in [2.75, 3.05) is 0 Å². The molecule has 0 aliphatic carbocycles. The van der Waals surface area contributed by atoms with Gasteiger partial charge >= 0.3 is 0 Å². The molecule has 2 saturated heterocycles. The summed E-state index contributed by atoms with van der Waals surface area (Å²) in [5.74, 6) is 1.02. The summed E-state index contributed by atoms with van der Waals surface area (Å²) in [6.07, 6.45) is 5.34. The molecular weight excluding hydrogens is 234 g/mol. The highest BCUT2D eigenvalue weighted by Gasteiger charge is 2.34. The second-order valence-corrected chi connectivity index (χ2v) is 5.86. The third-order valence-corrected chi connectivity index (χ3v) is 4.45. The van der Waals surface area contributed by atoms with E-state index in [0.717, 1.165) is 18.6 Å². The molecule has 19 heavy (non-hydrogen) atoms. The van der Waals surface area contributed by atoms with E-state index in [1.807, 2.05) is 0 Å². The molecule has 0 aromatic heterocycles. The number of nitrogens with one attached hydrogen (secondary N) is 1. The van der Waals surface area contributed by atoms with Crippen molar-refractivity contribution in [3.8, 4) is 5.75 Å². The normalized spacial score (nSPS) is 29.6. The molecule has 2 unspecified atom stereocenters. The van der Waals surface area contributed by atoms with E-state index in [2.05, 4.69) is 47.8 Å². The summed E-state index contributed by atoms with van der Waals surface area (Å²) in [6.45, 7) is 0. The van der Waals surface area contributed by atoms with Gasteiger partial charge < -0.3 is 10.1 Å². The third-order valence-electron chi connectivity index (χ3n) is 4.45. The van der Waals surface area contributed by atoms with Crippen LogP contribution in [0.3, 0.4) is 0 Å². The van der Waals surface area contributed by atoms with Crippen LogP contribution >= 0.6 is 0 Å². The van der Waals surface area contributed by atoms with E-state index in [1.165, 1.54) is 23.6 Å². The van der Waals surface area contributed by atoms with Crippen LogP contribution in [0.2, 0.25) is 0 Å². The summed E-state index contributed by atoms with van der Waals surface area (Å²) in [4.78, 5) is 0. The van der Waals surface area contributed by atoms with Crippen molar-refractivity contribution in [3.63, 3.8) is 0 Å². The lowest BCUT2D eigenvalue weighted by Crippen LogP contribution is -2.42. The maximum absolute atomic E-state index is 6.20. The molecule has 2 aromatic rings. The summed E-state index contributed by atoms with van der Waals surface area (Å²) >= 11 is 0. The minimum Gasteiger partial charge on any atom is -0.490 e. The first kappa shape index (κ1) is 11.3. The largest absolute Gasteiger partial charge is 0.490 e. The monoisotopic (exact) mass is 253 g/mol. The highest BCUT2D eigenvalue weighted by Crippen LogP contribution is 2.30. The van der Waals surface area contributed by atoms with Crippen molar-refractivity contribution in [1.29, 1.82) is 0 Å². The van der Waals surface area contributed by atoms with Gasteiger partial charge in [0.1, 0.15) is 11.9 Å². The van der Waals surface area contributed by atoms with E-state index in [-0.39, 0.29) is 0 Å². The van der Waals surface area contributed by atoms with Crippen molar-refractivity contribution in [2.45, 2.75) is 43.9 Å². The molecule has 2 aliphatic heterocycles. The van der Waals surface area contributed by atoms with Crippen LogP contribution in [-0.4, -0.2) is 18.2 Å². The van der Waals surface area contributed by atoms with Gasteiger partial charge in [0, 0.05) is 12.1 Å². The predicted molar refractivity (Wildman–Crippen MR) is 77.5 cm³/mol. The topological polar surface area (TPSA) is 21.3 Å². The maximum atomic E-state index is 6.20. The van der Waals surface area contributed by atoms with E-state index in [4.69, 9.17) is 4.74 Å². The Morgan fingerprint density at radius 3 is 2.42 bits per heavy atom. The van der Waals surface area contributed by atoms with Crippen molar-refractivity contribution >= 4 is 10.8 Å². The molecule has 1 N–H and O–H groups in total. The Bertz CT molecular complexity index is 583. The average Bonchev–Trinajstić information content (AvgIpc) is 2.78. The van der Waals surface area contributed by atoms with Gasteiger partial charge in [0.05, 0.1) is 0 Å². The highest BCUT2D eigenvalue weighted by molar-refractivity contribution is 5.83. The van der Waals surface area contributed by atoms with Crippen molar-refractivity contribution < 1.29 is 4.74 Å². The lowest BCUT2D eigenvalue weighted by atomic mass is 10.0. The standard InChI is InChI=1S/C17H19NO/c1-2-4-13-9-16(8-5-12(13)3-1)19-17-10-14-6-7-15(11-17)18-14/h1-5,8-9,14-15,17-18H,6-7,10-11H2. The number of rotatable bonds is 2. The molecule has 2 aromatic carbocycles. The van der Waals surface area contributed by atoms with Gasteiger partial charge in [0.2, 0.25) is 0 Å². The van der Waals surface area contributed by atoms with Gasteiger partial charge in [-0.3, -0.25) is 0 Å². The SMILES string of the molecule is c1ccc2cc(OC3CC4CCC(C3)N4)ccc2c1. The molecule has 0 amide bonds.